The normalized spacial score (nSPS) is 14.3. The number of carbonyl (C=O) groups excluding carboxylic acids is 4. The third kappa shape index (κ3) is 67.0. The molecule has 0 amide bonds. The van der Waals surface area contributed by atoms with Crippen molar-refractivity contribution >= 4 is 39.5 Å². The second-order valence-corrected chi connectivity index (χ2v) is 29.8. The summed E-state index contributed by atoms with van der Waals surface area (Å²) in [6.45, 7) is 7.22. The number of ether oxygens (including phenoxy) is 4. The van der Waals surface area contributed by atoms with Crippen LogP contribution in [0.5, 0.6) is 0 Å². The van der Waals surface area contributed by atoms with Gasteiger partial charge in [0.1, 0.15) is 19.3 Å². The Morgan fingerprint density at radius 3 is 0.763 bits per heavy atom. The van der Waals surface area contributed by atoms with Crippen molar-refractivity contribution in [3.63, 3.8) is 0 Å². The van der Waals surface area contributed by atoms with E-state index in [2.05, 4.69) is 34.6 Å². The lowest BCUT2D eigenvalue weighted by Crippen LogP contribution is -2.30. The fraction of sp³-hybridized carbons (Fsp3) is 0.946. The summed E-state index contributed by atoms with van der Waals surface area (Å²) in [6.07, 6.45) is 55.6. The van der Waals surface area contributed by atoms with Crippen LogP contribution in [0.1, 0.15) is 388 Å². The number of carbonyl (C=O) groups is 4. The summed E-state index contributed by atoms with van der Waals surface area (Å²) < 4.78 is 68.4. The molecule has 0 fully saturated rings. The summed E-state index contributed by atoms with van der Waals surface area (Å²) in [7, 11) is -9.90. The minimum atomic E-state index is -4.95. The molecule has 17 nitrogen and oxygen atoms in total. The lowest BCUT2D eigenvalue weighted by molar-refractivity contribution is -0.161. The van der Waals surface area contributed by atoms with E-state index in [-0.39, 0.29) is 25.7 Å². The fourth-order valence-corrected chi connectivity index (χ4v) is 12.9. The van der Waals surface area contributed by atoms with Crippen LogP contribution in [0, 0.1) is 5.92 Å². The summed E-state index contributed by atoms with van der Waals surface area (Å²) in [5.41, 5.74) is 0. The maximum Gasteiger partial charge on any atom is 0.472 e. The summed E-state index contributed by atoms with van der Waals surface area (Å²) in [4.78, 5) is 72.6. The molecule has 3 N–H and O–H groups in total. The molecule has 0 aromatic rings. The van der Waals surface area contributed by atoms with E-state index < -0.39 is 97.5 Å². The van der Waals surface area contributed by atoms with Gasteiger partial charge in [-0.3, -0.25) is 37.3 Å². The second-order valence-electron chi connectivity index (χ2n) is 26.9. The van der Waals surface area contributed by atoms with Crippen molar-refractivity contribution < 1.29 is 80.2 Å². The fourth-order valence-electron chi connectivity index (χ4n) is 11.3. The molecule has 3 unspecified atom stereocenters. The number of phosphoric acid groups is 2. The largest absolute Gasteiger partial charge is 0.472 e. The van der Waals surface area contributed by atoms with Gasteiger partial charge in [-0.05, 0) is 31.6 Å². The number of esters is 4. The van der Waals surface area contributed by atoms with Crippen molar-refractivity contribution in [2.45, 2.75) is 406 Å². The van der Waals surface area contributed by atoms with Crippen molar-refractivity contribution in [3.8, 4) is 0 Å². The van der Waals surface area contributed by atoms with E-state index >= 15 is 0 Å². The van der Waals surface area contributed by atoms with Crippen LogP contribution in [0.3, 0.4) is 0 Å². The molecule has 0 rings (SSSR count). The first-order chi connectivity index (χ1) is 45.1. The molecule has 0 saturated carbocycles. The summed E-state index contributed by atoms with van der Waals surface area (Å²) in [5, 5.41) is 10.6. The molecule has 0 bridgehead atoms. The van der Waals surface area contributed by atoms with Gasteiger partial charge < -0.3 is 33.8 Å². The molecule has 0 aromatic heterocycles. The van der Waals surface area contributed by atoms with Crippen molar-refractivity contribution in [2.24, 2.45) is 5.92 Å². The summed E-state index contributed by atoms with van der Waals surface area (Å²) in [5.74, 6) is -1.40. The number of rotatable bonds is 74. The monoisotopic (exact) mass is 1370 g/mol. The number of hydrogen-bond donors (Lipinski definition) is 3. The van der Waals surface area contributed by atoms with Gasteiger partial charge in [0.2, 0.25) is 0 Å². The van der Waals surface area contributed by atoms with Crippen LogP contribution in [0.15, 0.2) is 0 Å². The molecule has 0 aliphatic heterocycles. The van der Waals surface area contributed by atoms with Gasteiger partial charge in [0.15, 0.2) is 12.2 Å². The van der Waals surface area contributed by atoms with Gasteiger partial charge in [-0.15, -0.1) is 0 Å². The quantitative estimate of drug-likeness (QED) is 0.0222. The van der Waals surface area contributed by atoms with E-state index in [9.17, 15) is 43.2 Å². The molecule has 0 aromatic carbocycles. The van der Waals surface area contributed by atoms with Crippen molar-refractivity contribution in [1.29, 1.82) is 0 Å². The number of aliphatic hydroxyl groups excluding tert-OH is 1. The van der Waals surface area contributed by atoms with Crippen LogP contribution in [-0.4, -0.2) is 96.7 Å². The van der Waals surface area contributed by atoms with Crippen LogP contribution in [-0.2, 0) is 65.4 Å². The minimum Gasteiger partial charge on any atom is -0.462 e. The molecule has 0 saturated heterocycles. The van der Waals surface area contributed by atoms with E-state index in [1.165, 1.54) is 212 Å². The molecule has 0 radical (unpaired) electrons. The standard InChI is InChI=1S/C74H144O17P2/c1-6-10-13-16-19-22-24-26-28-30-31-33-35-37-40-43-49-54-59-73(78)90-69(63-85-72(77)58-53-48-42-39-36-34-32-29-27-25-23-20-17-14-11-7-2)65-88-92(80,81)86-61-68(75)62-87-93(82,83)89-66-70(64-84-71(76)57-52-47-41-38-21-18-15-12-8-3)91-74(79)60-55-50-45-44-46-51-56-67(5)9-4/h67-70,75H,6-66H2,1-5H3,(H,80,81)(H,82,83)/t67?,68-,69-,70-/m1/s1. The van der Waals surface area contributed by atoms with E-state index in [0.717, 1.165) is 95.8 Å². The lowest BCUT2D eigenvalue weighted by Gasteiger charge is -2.21. The van der Waals surface area contributed by atoms with E-state index in [0.29, 0.717) is 25.7 Å². The number of phosphoric ester groups is 2. The average Bonchev–Trinajstić information content (AvgIpc) is 3.32. The predicted molar refractivity (Wildman–Crippen MR) is 377 cm³/mol. The SMILES string of the molecule is CCCCCCCCCCCCCCCCCCCCC(=O)O[C@H](COC(=O)CCCCCCCCCCCCCCCCCC)COP(=O)(O)OC[C@@H](O)COP(=O)(O)OC[C@@H](COC(=O)CCCCCCCCCCC)OC(=O)CCCCCCCCC(C)CC. The molecule has 0 aliphatic rings. The molecule has 0 aliphatic carbocycles. The minimum absolute atomic E-state index is 0.103. The third-order valence-corrected chi connectivity index (χ3v) is 19.5. The van der Waals surface area contributed by atoms with Gasteiger partial charge in [0, 0.05) is 25.7 Å². The molecular formula is C74H144O17P2. The van der Waals surface area contributed by atoms with Gasteiger partial charge in [0.25, 0.3) is 0 Å². The Hall–Kier alpha value is -1.94. The first-order valence-electron chi connectivity index (χ1n) is 38.7. The Labute approximate surface area is 568 Å². The molecule has 552 valence electrons. The average molecular weight is 1370 g/mol. The number of unbranched alkanes of at least 4 members (excludes halogenated alkanes) is 45. The van der Waals surface area contributed by atoms with Gasteiger partial charge in [-0.2, -0.15) is 0 Å². The smallest absolute Gasteiger partial charge is 0.462 e. The van der Waals surface area contributed by atoms with Crippen molar-refractivity contribution in [2.75, 3.05) is 39.6 Å². The maximum atomic E-state index is 13.1. The Kier molecular flexibility index (Phi) is 65.9. The highest BCUT2D eigenvalue weighted by Gasteiger charge is 2.30. The number of hydrogen-bond acceptors (Lipinski definition) is 15. The Morgan fingerprint density at radius 2 is 0.516 bits per heavy atom. The molecule has 19 heteroatoms. The highest BCUT2D eigenvalue weighted by molar-refractivity contribution is 7.47. The van der Waals surface area contributed by atoms with Crippen LogP contribution in [0.25, 0.3) is 0 Å². The number of aliphatic hydroxyl groups is 1. The van der Waals surface area contributed by atoms with Crippen LogP contribution in [0.2, 0.25) is 0 Å². The highest BCUT2D eigenvalue weighted by atomic mass is 31.2. The topological polar surface area (TPSA) is 237 Å². The second kappa shape index (κ2) is 67.3. The molecule has 0 spiro atoms. The first kappa shape index (κ1) is 91.1. The predicted octanol–water partition coefficient (Wildman–Crippen LogP) is 21.7. The van der Waals surface area contributed by atoms with Crippen LogP contribution < -0.4 is 0 Å². The summed E-state index contributed by atoms with van der Waals surface area (Å²) >= 11 is 0. The Balaban J connectivity index is 5.21. The zero-order valence-electron chi connectivity index (χ0n) is 60.4. The van der Waals surface area contributed by atoms with Gasteiger partial charge in [0.05, 0.1) is 26.4 Å². The van der Waals surface area contributed by atoms with Crippen LogP contribution in [0.4, 0.5) is 0 Å². The summed E-state index contributed by atoms with van der Waals surface area (Å²) in [6, 6.07) is 0. The van der Waals surface area contributed by atoms with E-state index in [1.807, 2.05) is 0 Å². The zero-order chi connectivity index (χ0) is 68.4. The van der Waals surface area contributed by atoms with Crippen molar-refractivity contribution in [1.82, 2.24) is 0 Å². The van der Waals surface area contributed by atoms with Gasteiger partial charge >= 0.3 is 39.5 Å². The van der Waals surface area contributed by atoms with E-state index in [1.54, 1.807) is 0 Å². The maximum absolute atomic E-state index is 13.1. The molecule has 6 atom stereocenters. The van der Waals surface area contributed by atoms with Gasteiger partial charge in [-0.25, -0.2) is 9.13 Å². The molecule has 0 heterocycles. The van der Waals surface area contributed by atoms with Crippen molar-refractivity contribution in [3.05, 3.63) is 0 Å². The molecular weight excluding hydrogens is 1220 g/mol. The van der Waals surface area contributed by atoms with E-state index in [4.69, 9.17) is 37.0 Å². The first-order valence-corrected chi connectivity index (χ1v) is 41.7. The lowest BCUT2D eigenvalue weighted by atomic mass is 10.00. The highest BCUT2D eigenvalue weighted by Crippen LogP contribution is 2.45. The zero-order valence-corrected chi connectivity index (χ0v) is 62.2. The Morgan fingerprint density at radius 1 is 0.301 bits per heavy atom. The van der Waals surface area contributed by atoms with Gasteiger partial charge in [-0.1, -0.05) is 336 Å². The Bertz CT molecular complexity index is 1790. The third-order valence-electron chi connectivity index (χ3n) is 17.6. The van der Waals surface area contributed by atoms with Crippen LogP contribution >= 0.6 is 15.6 Å². The molecule has 93 heavy (non-hydrogen) atoms.